The monoisotopic (exact) mass is 957 g/mol. The van der Waals surface area contributed by atoms with Gasteiger partial charge in [-0.25, -0.2) is 44.4 Å². The topological polar surface area (TPSA) is 133 Å². The van der Waals surface area contributed by atoms with E-state index in [9.17, 15) is 39.2 Å². The molecule has 2 aromatic carbocycles. The Morgan fingerprint density at radius 2 is 1.11 bits per heavy atom. The number of alkyl halides is 4. The molecule has 11 nitrogen and oxygen atoms in total. The maximum absolute atomic E-state index is 13.7. The van der Waals surface area contributed by atoms with E-state index in [4.69, 9.17) is 20.4 Å². The number of halogens is 5. The van der Waals surface area contributed by atoms with Crippen molar-refractivity contribution in [1.29, 1.82) is 0 Å². The maximum atomic E-state index is 13.7. The van der Waals surface area contributed by atoms with Crippen molar-refractivity contribution in [3.63, 3.8) is 0 Å². The van der Waals surface area contributed by atoms with Crippen LogP contribution in [0.5, 0.6) is 0 Å². The van der Waals surface area contributed by atoms with Gasteiger partial charge < -0.3 is 13.9 Å². The Hall–Kier alpha value is -3.28. The minimum absolute atomic E-state index is 0.00841. The minimum atomic E-state index is -3.83. The summed E-state index contributed by atoms with van der Waals surface area (Å²) in [5.41, 5.74) is 1.61. The molecule has 64 heavy (non-hydrogen) atoms. The third-order valence-corrected chi connectivity index (χ3v) is 15.6. The summed E-state index contributed by atoms with van der Waals surface area (Å²) in [5.74, 6) is -3.61. The van der Waals surface area contributed by atoms with Crippen molar-refractivity contribution in [2.45, 2.75) is 178 Å². The molecule has 1 aliphatic heterocycles. The third-order valence-electron chi connectivity index (χ3n) is 12.4. The van der Waals surface area contributed by atoms with Gasteiger partial charge in [0.1, 0.15) is 17.2 Å². The number of aromatic nitrogens is 4. The van der Waals surface area contributed by atoms with E-state index in [-0.39, 0.29) is 83.0 Å². The van der Waals surface area contributed by atoms with Gasteiger partial charge in [-0.05, 0) is 107 Å². The molecule has 3 aliphatic rings. The van der Waals surface area contributed by atoms with Crippen molar-refractivity contribution in [2.75, 3.05) is 13.1 Å². The lowest BCUT2D eigenvalue weighted by atomic mass is 9.86. The van der Waals surface area contributed by atoms with Crippen LogP contribution in [0.15, 0.2) is 46.2 Å². The highest BCUT2D eigenvalue weighted by molar-refractivity contribution is 8.13. The number of sulfonamides is 1. The van der Waals surface area contributed by atoms with E-state index in [2.05, 4.69) is 9.55 Å². The van der Waals surface area contributed by atoms with Crippen LogP contribution in [0.25, 0.3) is 22.1 Å². The zero-order valence-corrected chi connectivity index (χ0v) is 40.9. The molecule has 2 saturated carbocycles. The van der Waals surface area contributed by atoms with Crippen LogP contribution in [0.4, 0.5) is 17.6 Å². The number of hydrogen-bond acceptors (Lipinski definition) is 8. The number of fused-ring (bicyclic) bond motifs is 2. The fraction of sp³-hybridized carbons (Fsp3) is 0.674. The highest BCUT2D eigenvalue weighted by Gasteiger charge is 2.38. The Morgan fingerprint density at radius 3 is 1.52 bits per heavy atom. The number of esters is 1. The molecule has 3 fully saturated rings. The number of nitrogens with zero attached hydrogens (tertiary/aromatic N) is 5. The smallest absolute Gasteiger partial charge is 0.306 e. The summed E-state index contributed by atoms with van der Waals surface area (Å²) in [6, 6.07) is 9.65. The number of carbonyl (C=O) groups is 1. The predicted molar refractivity (Wildman–Crippen MR) is 241 cm³/mol. The molecular weight excluding hydrogens is 894 g/mol. The number of rotatable bonds is 9. The first-order chi connectivity index (χ1) is 29.3. The Balaban J connectivity index is 0.000000228. The van der Waals surface area contributed by atoms with Crippen LogP contribution in [0.1, 0.15) is 138 Å². The van der Waals surface area contributed by atoms with Crippen molar-refractivity contribution < 1.29 is 43.9 Å². The van der Waals surface area contributed by atoms with E-state index in [1.165, 1.54) is 16.4 Å². The third kappa shape index (κ3) is 12.2. The molecule has 18 heteroatoms. The molecule has 0 spiro atoms. The molecule has 0 unspecified atom stereocenters. The van der Waals surface area contributed by atoms with Crippen LogP contribution in [-0.2, 0) is 52.5 Å². The highest BCUT2D eigenvalue weighted by atomic mass is 35.7. The van der Waals surface area contributed by atoms with Crippen molar-refractivity contribution in [3.8, 4) is 0 Å². The van der Waals surface area contributed by atoms with Crippen LogP contribution >= 0.6 is 10.7 Å². The average molecular weight is 959 g/mol. The zero-order valence-electron chi connectivity index (χ0n) is 38.5. The summed E-state index contributed by atoms with van der Waals surface area (Å²) >= 11 is 0. The lowest BCUT2D eigenvalue weighted by Crippen LogP contribution is -2.30. The molecule has 3 heterocycles. The van der Waals surface area contributed by atoms with Gasteiger partial charge >= 0.3 is 5.97 Å². The van der Waals surface area contributed by atoms with Crippen molar-refractivity contribution >= 4 is 57.8 Å². The molecule has 2 aliphatic carbocycles. The molecule has 4 aromatic rings. The van der Waals surface area contributed by atoms with E-state index in [0.29, 0.717) is 62.8 Å². The first-order valence-electron chi connectivity index (χ1n) is 22.3. The van der Waals surface area contributed by atoms with Gasteiger partial charge in [0.15, 0.2) is 0 Å². The summed E-state index contributed by atoms with van der Waals surface area (Å²) in [6.45, 7) is 19.5. The summed E-state index contributed by atoms with van der Waals surface area (Å²) < 4.78 is 116. The molecule has 1 atom stereocenters. The van der Waals surface area contributed by atoms with Crippen LogP contribution in [0, 0.1) is 17.8 Å². The predicted octanol–water partition coefficient (Wildman–Crippen LogP) is 11.0. The summed E-state index contributed by atoms with van der Waals surface area (Å²) in [7, 11) is -2.15. The van der Waals surface area contributed by atoms with Gasteiger partial charge in [-0.3, -0.25) is 4.79 Å². The number of ether oxygens (including phenoxy) is 1. The summed E-state index contributed by atoms with van der Waals surface area (Å²) in [6.07, 6.45) is 2.32. The van der Waals surface area contributed by atoms with E-state index in [1.807, 2.05) is 66.9 Å². The van der Waals surface area contributed by atoms with E-state index >= 15 is 0 Å². The molecule has 7 rings (SSSR count). The van der Waals surface area contributed by atoms with Gasteiger partial charge in [0.05, 0.1) is 31.9 Å². The Morgan fingerprint density at radius 1 is 0.688 bits per heavy atom. The number of imidazole rings is 2. The van der Waals surface area contributed by atoms with Crippen LogP contribution in [-0.4, -0.2) is 76.7 Å². The van der Waals surface area contributed by atoms with Crippen molar-refractivity contribution in [2.24, 2.45) is 17.8 Å². The molecule has 0 radical (unpaired) electrons. The minimum Gasteiger partial charge on any atom is -0.460 e. The fourth-order valence-electron chi connectivity index (χ4n) is 9.08. The molecule has 0 amide bonds. The number of benzene rings is 2. The van der Waals surface area contributed by atoms with Gasteiger partial charge in [-0.15, -0.1) is 0 Å². The van der Waals surface area contributed by atoms with Gasteiger partial charge in [0.2, 0.25) is 21.9 Å². The highest BCUT2D eigenvalue weighted by Crippen LogP contribution is 2.40. The molecule has 0 N–H and O–H groups in total. The van der Waals surface area contributed by atoms with Crippen LogP contribution in [0.2, 0.25) is 0 Å². The molecule has 0 bridgehead atoms. The Labute approximate surface area is 380 Å². The average Bonchev–Trinajstić information content (AvgIpc) is 3.88. The molecule has 1 saturated heterocycles. The normalized spacial score (nSPS) is 20.7. The molecule has 356 valence electrons. The summed E-state index contributed by atoms with van der Waals surface area (Å²) in [5, 5.41) is 0. The van der Waals surface area contributed by atoms with Gasteiger partial charge in [-0.1, -0.05) is 41.5 Å². The second kappa shape index (κ2) is 18.1. The van der Waals surface area contributed by atoms with E-state index < -0.39 is 36.5 Å². The standard InChI is InChI=1S/C28H41F2N3O4S.C18H23ClF2N2O2S/c1-26(2,3)25-31-22-16-21(7-8-23(22)33(25)18-19-9-12-28(29,30)13-10-19)38(35,36)32-14-11-20(17-32)15-24(34)37-27(4,5)6;1-17(2,3)16-22-14-10-13(26(19,24)25)4-5-15(14)23(16)11-12-6-8-18(20,21)9-7-12/h7-8,16,19-20H,9-15,17-18H2,1-6H3;4-5,10,12H,6-9,11H2,1-3H3/t20-;/m1./s1. The SMILES string of the molecule is CC(C)(C)OC(=O)C[C@H]1CCN(S(=O)(=O)c2ccc3c(c2)nc(C(C)(C)C)n3CC2CCC(F)(F)CC2)C1.CC(C)(C)c1nc2cc(S(=O)(=O)Cl)ccc2n1CC1CCC(F)(F)CC1. The van der Waals surface area contributed by atoms with E-state index in [0.717, 1.165) is 22.7 Å². The summed E-state index contributed by atoms with van der Waals surface area (Å²) in [4.78, 5) is 21.9. The van der Waals surface area contributed by atoms with Gasteiger partial charge in [0.25, 0.3) is 9.05 Å². The quantitative estimate of drug-likeness (QED) is 0.0920. The van der Waals surface area contributed by atoms with E-state index in [1.54, 1.807) is 24.3 Å². The largest absolute Gasteiger partial charge is 0.460 e. The Bertz CT molecular complexity index is 2560. The van der Waals surface area contributed by atoms with Crippen molar-refractivity contribution in [1.82, 2.24) is 23.4 Å². The molecule has 2 aromatic heterocycles. The van der Waals surface area contributed by atoms with Gasteiger partial charge in [-0.2, -0.15) is 4.31 Å². The first kappa shape index (κ1) is 50.1. The fourth-order valence-corrected chi connectivity index (χ4v) is 11.4. The number of carbonyl (C=O) groups excluding carboxylic acids is 1. The van der Waals surface area contributed by atoms with Crippen LogP contribution in [0.3, 0.4) is 0 Å². The van der Waals surface area contributed by atoms with Crippen LogP contribution < -0.4 is 0 Å². The first-order valence-corrected chi connectivity index (χ1v) is 26.0. The second-order valence-electron chi connectivity index (χ2n) is 21.2. The molecular formula is C46H64ClF4N5O6S2. The Kier molecular flexibility index (Phi) is 14.2. The van der Waals surface area contributed by atoms with Gasteiger partial charge in [0, 0.05) is 79.8 Å². The van der Waals surface area contributed by atoms with Crippen molar-refractivity contribution in [3.05, 3.63) is 48.0 Å². The maximum Gasteiger partial charge on any atom is 0.306 e. The second-order valence-corrected chi connectivity index (χ2v) is 25.7. The number of hydrogen-bond donors (Lipinski definition) is 0. The lowest BCUT2D eigenvalue weighted by Gasteiger charge is -2.30. The lowest BCUT2D eigenvalue weighted by molar-refractivity contribution is -0.155. The zero-order chi connectivity index (χ0) is 47.4.